The second kappa shape index (κ2) is 15.2. The van der Waals surface area contributed by atoms with Crippen molar-refractivity contribution in [2.24, 2.45) is 0 Å². The summed E-state index contributed by atoms with van der Waals surface area (Å²) in [4.78, 5) is 10.8. The SMILES string of the molecule is CCCCCCCC/C=C(\C=O)OCOCCCC. The van der Waals surface area contributed by atoms with Gasteiger partial charge in [-0.05, 0) is 25.3 Å². The highest BCUT2D eigenvalue weighted by molar-refractivity contribution is 5.69. The van der Waals surface area contributed by atoms with Gasteiger partial charge in [0.2, 0.25) is 0 Å². The highest BCUT2D eigenvalue weighted by Crippen LogP contribution is 2.08. The van der Waals surface area contributed by atoms with Gasteiger partial charge in [-0.1, -0.05) is 52.4 Å². The average molecular weight is 270 g/mol. The minimum atomic E-state index is 0.182. The van der Waals surface area contributed by atoms with E-state index in [0.717, 1.165) is 32.0 Å². The first-order chi connectivity index (χ1) is 9.35. The number of ether oxygens (including phenoxy) is 2. The van der Waals surface area contributed by atoms with Crippen molar-refractivity contribution in [1.82, 2.24) is 0 Å². The van der Waals surface area contributed by atoms with Crippen molar-refractivity contribution in [3.05, 3.63) is 11.8 Å². The molecule has 0 aliphatic rings. The number of rotatable bonds is 14. The number of aldehydes is 1. The lowest BCUT2D eigenvalue weighted by Gasteiger charge is -2.06. The van der Waals surface area contributed by atoms with Crippen LogP contribution < -0.4 is 0 Å². The van der Waals surface area contributed by atoms with Crippen molar-refractivity contribution < 1.29 is 14.3 Å². The van der Waals surface area contributed by atoms with E-state index in [-0.39, 0.29) is 6.79 Å². The predicted molar refractivity (Wildman–Crippen MR) is 79.0 cm³/mol. The fraction of sp³-hybridized carbons (Fsp3) is 0.812. The number of carbonyl (C=O) groups is 1. The lowest BCUT2D eigenvalue weighted by molar-refractivity contribution is -0.111. The van der Waals surface area contributed by atoms with Crippen LogP contribution in [0.1, 0.15) is 71.6 Å². The molecule has 0 rings (SSSR count). The van der Waals surface area contributed by atoms with E-state index in [2.05, 4.69) is 13.8 Å². The van der Waals surface area contributed by atoms with Gasteiger partial charge >= 0.3 is 0 Å². The molecule has 3 heteroatoms. The normalized spacial score (nSPS) is 11.6. The van der Waals surface area contributed by atoms with Crippen molar-refractivity contribution in [3.63, 3.8) is 0 Å². The molecule has 0 aromatic carbocycles. The monoisotopic (exact) mass is 270 g/mol. The summed E-state index contributed by atoms with van der Waals surface area (Å²) >= 11 is 0. The molecule has 112 valence electrons. The van der Waals surface area contributed by atoms with Crippen LogP contribution in [0.15, 0.2) is 11.8 Å². The van der Waals surface area contributed by atoms with Gasteiger partial charge in [0.1, 0.15) is 0 Å². The van der Waals surface area contributed by atoms with Gasteiger partial charge in [-0.2, -0.15) is 0 Å². The largest absolute Gasteiger partial charge is 0.464 e. The molecule has 0 aromatic rings. The van der Waals surface area contributed by atoms with Gasteiger partial charge in [-0.15, -0.1) is 0 Å². The quantitative estimate of drug-likeness (QED) is 0.152. The summed E-state index contributed by atoms with van der Waals surface area (Å²) in [6.45, 7) is 5.21. The predicted octanol–water partition coefficient (Wildman–Crippen LogP) is 4.61. The summed E-state index contributed by atoms with van der Waals surface area (Å²) in [6.07, 6.45) is 13.3. The zero-order chi connectivity index (χ0) is 14.2. The molecule has 0 bridgehead atoms. The van der Waals surface area contributed by atoms with Gasteiger partial charge in [-0.3, -0.25) is 4.79 Å². The standard InChI is InChI=1S/C16H30O3/c1-3-5-7-8-9-10-11-12-16(14-17)19-15-18-13-6-4-2/h12,14H,3-11,13,15H2,1-2H3/b16-12+. The van der Waals surface area contributed by atoms with Crippen LogP contribution in [-0.2, 0) is 14.3 Å². The van der Waals surface area contributed by atoms with Crippen LogP contribution in [0.2, 0.25) is 0 Å². The van der Waals surface area contributed by atoms with Crippen molar-refractivity contribution >= 4 is 6.29 Å². The summed E-state index contributed by atoms with van der Waals surface area (Å²) in [5.74, 6) is 0.407. The number of unbranched alkanes of at least 4 members (excludes halogenated alkanes) is 7. The van der Waals surface area contributed by atoms with Crippen LogP contribution in [-0.4, -0.2) is 19.7 Å². The first kappa shape index (κ1) is 18.2. The number of hydrogen-bond donors (Lipinski definition) is 0. The molecule has 0 heterocycles. The zero-order valence-corrected chi connectivity index (χ0v) is 12.7. The molecule has 0 aliphatic carbocycles. The summed E-state index contributed by atoms with van der Waals surface area (Å²) in [5.41, 5.74) is 0. The van der Waals surface area contributed by atoms with E-state index < -0.39 is 0 Å². The molecule has 0 N–H and O–H groups in total. The van der Waals surface area contributed by atoms with Gasteiger partial charge in [0.25, 0.3) is 0 Å². The van der Waals surface area contributed by atoms with Crippen LogP contribution in [0.5, 0.6) is 0 Å². The fourth-order valence-corrected chi connectivity index (χ4v) is 1.73. The minimum Gasteiger partial charge on any atom is -0.464 e. The Morgan fingerprint density at radius 2 is 1.63 bits per heavy atom. The van der Waals surface area contributed by atoms with Gasteiger partial charge in [0.15, 0.2) is 18.8 Å². The second-order valence-electron chi connectivity index (χ2n) is 4.80. The number of hydrogen-bond acceptors (Lipinski definition) is 3. The van der Waals surface area contributed by atoms with Gasteiger partial charge in [0, 0.05) is 0 Å². The molecular formula is C16H30O3. The number of allylic oxidation sites excluding steroid dienone is 2. The van der Waals surface area contributed by atoms with Crippen LogP contribution in [0.4, 0.5) is 0 Å². The highest BCUT2D eigenvalue weighted by atomic mass is 16.7. The maximum Gasteiger partial charge on any atom is 0.189 e. The van der Waals surface area contributed by atoms with Crippen molar-refractivity contribution in [1.29, 1.82) is 0 Å². The third kappa shape index (κ3) is 13.4. The van der Waals surface area contributed by atoms with Crippen LogP contribution in [0, 0.1) is 0 Å². The Labute approximate surface area is 118 Å². The van der Waals surface area contributed by atoms with Crippen LogP contribution >= 0.6 is 0 Å². The fourth-order valence-electron chi connectivity index (χ4n) is 1.73. The first-order valence-corrected chi connectivity index (χ1v) is 7.71. The van der Waals surface area contributed by atoms with E-state index in [1.54, 1.807) is 0 Å². The van der Waals surface area contributed by atoms with E-state index in [9.17, 15) is 4.79 Å². The molecule has 0 saturated carbocycles. The van der Waals surface area contributed by atoms with Crippen LogP contribution in [0.3, 0.4) is 0 Å². The molecule has 0 spiro atoms. The smallest absolute Gasteiger partial charge is 0.189 e. The molecule has 3 nitrogen and oxygen atoms in total. The molecule has 0 unspecified atom stereocenters. The molecule has 0 amide bonds. The van der Waals surface area contributed by atoms with E-state index in [0.29, 0.717) is 12.4 Å². The highest BCUT2D eigenvalue weighted by Gasteiger charge is 1.96. The van der Waals surface area contributed by atoms with Gasteiger partial charge in [-0.25, -0.2) is 0 Å². The van der Waals surface area contributed by atoms with Crippen molar-refractivity contribution in [2.45, 2.75) is 71.6 Å². The Balaban J connectivity index is 3.49. The third-order valence-corrected chi connectivity index (χ3v) is 2.97. The first-order valence-electron chi connectivity index (χ1n) is 7.71. The Morgan fingerprint density at radius 1 is 0.947 bits per heavy atom. The van der Waals surface area contributed by atoms with Gasteiger partial charge in [0.05, 0.1) is 6.61 Å². The molecular weight excluding hydrogens is 240 g/mol. The van der Waals surface area contributed by atoms with Crippen molar-refractivity contribution in [3.8, 4) is 0 Å². The maximum absolute atomic E-state index is 10.8. The summed E-state index contributed by atoms with van der Waals surface area (Å²) in [5, 5.41) is 0. The molecule has 0 atom stereocenters. The lowest BCUT2D eigenvalue weighted by atomic mass is 10.1. The Morgan fingerprint density at radius 3 is 2.32 bits per heavy atom. The Bertz CT molecular complexity index is 224. The topological polar surface area (TPSA) is 35.5 Å². The average Bonchev–Trinajstić information content (AvgIpc) is 2.44. The molecule has 0 aromatic heterocycles. The Kier molecular flexibility index (Phi) is 14.6. The molecule has 0 fully saturated rings. The zero-order valence-electron chi connectivity index (χ0n) is 12.7. The summed E-state index contributed by atoms with van der Waals surface area (Å²) in [6, 6.07) is 0. The van der Waals surface area contributed by atoms with E-state index >= 15 is 0 Å². The molecule has 0 aliphatic heterocycles. The summed E-state index contributed by atoms with van der Waals surface area (Å²) < 4.78 is 10.5. The number of carbonyl (C=O) groups excluding carboxylic acids is 1. The van der Waals surface area contributed by atoms with E-state index in [1.807, 2.05) is 6.08 Å². The molecule has 0 saturated heterocycles. The van der Waals surface area contributed by atoms with Crippen molar-refractivity contribution in [2.75, 3.05) is 13.4 Å². The van der Waals surface area contributed by atoms with Gasteiger partial charge < -0.3 is 9.47 Å². The summed E-state index contributed by atoms with van der Waals surface area (Å²) in [7, 11) is 0. The molecule has 19 heavy (non-hydrogen) atoms. The minimum absolute atomic E-state index is 0.182. The van der Waals surface area contributed by atoms with E-state index in [1.165, 1.54) is 32.1 Å². The maximum atomic E-state index is 10.8. The van der Waals surface area contributed by atoms with Crippen LogP contribution in [0.25, 0.3) is 0 Å². The Hall–Kier alpha value is -0.830. The molecule has 0 radical (unpaired) electrons. The lowest BCUT2D eigenvalue weighted by Crippen LogP contribution is -2.02. The third-order valence-electron chi connectivity index (χ3n) is 2.97. The van der Waals surface area contributed by atoms with E-state index in [4.69, 9.17) is 9.47 Å². The second-order valence-corrected chi connectivity index (χ2v) is 4.80.